The van der Waals surface area contributed by atoms with Gasteiger partial charge in [0.2, 0.25) is 0 Å². The molecule has 0 aliphatic rings. The second-order valence-electron chi connectivity index (χ2n) is 3.17. The van der Waals surface area contributed by atoms with E-state index in [1.807, 2.05) is 22.6 Å². The number of ether oxygens (including phenoxy) is 2. The maximum absolute atomic E-state index is 10.9. The average molecular weight is 365 g/mol. The molecule has 0 N–H and O–H groups in total. The Kier molecular flexibility index (Phi) is 4.59. The summed E-state index contributed by atoms with van der Waals surface area (Å²) in [5, 5.41) is 10.8. The number of rotatable bonds is 3. The molecule has 8 heteroatoms. The van der Waals surface area contributed by atoms with Gasteiger partial charge in [0.25, 0.3) is 5.75 Å². The SMILES string of the molecule is CC(=O)Oc1c(I)ccc([N+](=O)[O-])c1OC(C)=O. The van der Waals surface area contributed by atoms with E-state index in [-0.39, 0.29) is 11.5 Å². The van der Waals surface area contributed by atoms with Crippen LogP contribution in [-0.4, -0.2) is 16.9 Å². The van der Waals surface area contributed by atoms with E-state index >= 15 is 0 Å². The summed E-state index contributed by atoms with van der Waals surface area (Å²) in [6.07, 6.45) is 0. The zero-order valence-electron chi connectivity index (χ0n) is 9.43. The van der Waals surface area contributed by atoms with Crippen molar-refractivity contribution in [3.8, 4) is 11.5 Å². The Morgan fingerprint density at radius 1 is 1.17 bits per heavy atom. The Labute approximate surface area is 115 Å². The van der Waals surface area contributed by atoms with Crippen LogP contribution in [0.4, 0.5) is 5.69 Å². The van der Waals surface area contributed by atoms with Crippen molar-refractivity contribution < 1.29 is 24.0 Å². The van der Waals surface area contributed by atoms with E-state index < -0.39 is 22.5 Å². The minimum Gasteiger partial charge on any atom is -0.421 e. The number of benzene rings is 1. The Balaban J connectivity index is 3.43. The molecule has 0 bridgehead atoms. The molecule has 0 heterocycles. The van der Waals surface area contributed by atoms with Gasteiger partial charge in [-0.15, -0.1) is 0 Å². The summed E-state index contributed by atoms with van der Waals surface area (Å²) in [5.74, 6) is -1.91. The topological polar surface area (TPSA) is 95.7 Å². The highest BCUT2D eigenvalue weighted by Gasteiger charge is 2.25. The maximum atomic E-state index is 10.9. The Bertz CT molecular complexity index is 527. The van der Waals surface area contributed by atoms with Crippen LogP contribution in [0.3, 0.4) is 0 Å². The van der Waals surface area contributed by atoms with Crippen LogP contribution in [0.1, 0.15) is 13.8 Å². The lowest BCUT2D eigenvalue weighted by Gasteiger charge is -2.10. The first kappa shape index (κ1) is 14.4. The highest BCUT2D eigenvalue weighted by atomic mass is 127. The molecule has 18 heavy (non-hydrogen) atoms. The van der Waals surface area contributed by atoms with Gasteiger partial charge in [-0.2, -0.15) is 0 Å². The van der Waals surface area contributed by atoms with Crippen molar-refractivity contribution in [1.29, 1.82) is 0 Å². The smallest absolute Gasteiger partial charge is 0.315 e. The molecular formula is C10H8INO6. The molecule has 0 atom stereocenters. The standard InChI is InChI=1S/C10H8INO6/c1-5(13)17-9-7(11)3-4-8(12(15)16)10(9)18-6(2)14/h3-4H,1-2H3. The molecule has 1 aromatic carbocycles. The van der Waals surface area contributed by atoms with E-state index in [0.29, 0.717) is 3.57 Å². The highest BCUT2D eigenvalue weighted by molar-refractivity contribution is 14.1. The lowest BCUT2D eigenvalue weighted by molar-refractivity contribution is -0.385. The number of nitrogens with zero attached hydrogens (tertiary/aromatic N) is 1. The molecular weight excluding hydrogens is 357 g/mol. The van der Waals surface area contributed by atoms with Gasteiger partial charge in [0.1, 0.15) is 0 Å². The molecule has 7 nitrogen and oxygen atoms in total. The Morgan fingerprint density at radius 3 is 2.11 bits per heavy atom. The Morgan fingerprint density at radius 2 is 1.67 bits per heavy atom. The quantitative estimate of drug-likeness (QED) is 0.268. The summed E-state index contributed by atoms with van der Waals surface area (Å²) in [4.78, 5) is 32.0. The molecule has 1 rings (SSSR count). The molecule has 0 saturated carbocycles. The van der Waals surface area contributed by atoms with Crippen LogP contribution in [0.2, 0.25) is 0 Å². The van der Waals surface area contributed by atoms with Gasteiger partial charge in [-0.25, -0.2) is 0 Å². The van der Waals surface area contributed by atoms with Gasteiger partial charge >= 0.3 is 17.6 Å². The van der Waals surface area contributed by atoms with Crippen molar-refractivity contribution in [2.24, 2.45) is 0 Å². The molecule has 0 aromatic heterocycles. The van der Waals surface area contributed by atoms with E-state index in [0.717, 1.165) is 13.8 Å². The first-order valence-electron chi connectivity index (χ1n) is 4.66. The van der Waals surface area contributed by atoms with Gasteiger partial charge in [0.15, 0.2) is 5.75 Å². The van der Waals surface area contributed by atoms with Crippen LogP contribution >= 0.6 is 22.6 Å². The normalized spacial score (nSPS) is 9.72. The minimum absolute atomic E-state index is 0.132. The average Bonchev–Trinajstić information content (AvgIpc) is 2.21. The van der Waals surface area contributed by atoms with Gasteiger partial charge in [-0.3, -0.25) is 19.7 Å². The van der Waals surface area contributed by atoms with E-state index in [1.165, 1.54) is 12.1 Å². The molecule has 0 aliphatic carbocycles. The summed E-state index contributed by atoms with van der Waals surface area (Å²) in [6, 6.07) is 2.57. The number of nitro benzene ring substituents is 1. The van der Waals surface area contributed by atoms with E-state index in [2.05, 4.69) is 0 Å². The molecule has 0 unspecified atom stereocenters. The first-order valence-corrected chi connectivity index (χ1v) is 5.74. The van der Waals surface area contributed by atoms with Crippen LogP contribution in [-0.2, 0) is 9.59 Å². The summed E-state index contributed by atoms with van der Waals surface area (Å²) in [6.45, 7) is 2.24. The van der Waals surface area contributed by atoms with Crippen molar-refractivity contribution >= 4 is 40.2 Å². The Hall–Kier alpha value is -1.71. The first-order chi connectivity index (χ1) is 8.32. The molecule has 0 aliphatic heterocycles. The van der Waals surface area contributed by atoms with E-state index in [1.54, 1.807) is 0 Å². The number of carbonyl (C=O) groups excluding carboxylic acids is 2. The van der Waals surface area contributed by atoms with Gasteiger partial charge in [-0.05, 0) is 28.7 Å². The summed E-state index contributed by atoms with van der Waals surface area (Å²) < 4.78 is 10.0. The number of nitro groups is 1. The van der Waals surface area contributed by atoms with Gasteiger partial charge in [0.05, 0.1) is 8.49 Å². The second kappa shape index (κ2) is 5.76. The lowest BCUT2D eigenvalue weighted by atomic mass is 10.2. The van der Waals surface area contributed by atoms with Crippen molar-refractivity contribution in [3.63, 3.8) is 0 Å². The third-order valence-electron chi connectivity index (χ3n) is 1.73. The molecule has 1 aromatic rings. The molecule has 0 radical (unpaired) electrons. The van der Waals surface area contributed by atoms with E-state index in [9.17, 15) is 19.7 Å². The predicted molar refractivity (Wildman–Crippen MR) is 68.4 cm³/mol. The minimum atomic E-state index is -0.742. The number of halogens is 1. The largest absolute Gasteiger partial charge is 0.421 e. The van der Waals surface area contributed by atoms with Gasteiger partial charge < -0.3 is 9.47 Å². The number of esters is 2. The van der Waals surface area contributed by atoms with Crippen LogP contribution in [0.25, 0.3) is 0 Å². The predicted octanol–water partition coefficient (Wildman–Crippen LogP) is 2.05. The third kappa shape index (κ3) is 3.39. The van der Waals surface area contributed by atoms with E-state index in [4.69, 9.17) is 9.47 Å². The van der Waals surface area contributed by atoms with Crippen LogP contribution in [0.15, 0.2) is 12.1 Å². The summed E-state index contributed by atoms with van der Waals surface area (Å²) in [7, 11) is 0. The van der Waals surface area contributed by atoms with Crippen molar-refractivity contribution in [3.05, 3.63) is 25.8 Å². The maximum Gasteiger partial charge on any atom is 0.315 e. The van der Waals surface area contributed by atoms with Crippen molar-refractivity contribution in [2.45, 2.75) is 13.8 Å². The van der Waals surface area contributed by atoms with Crippen molar-refractivity contribution in [2.75, 3.05) is 0 Å². The fourth-order valence-electron chi connectivity index (χ4n) is 1.15. The van der Waals surface area contributed by atoms with Crippen LogP contribution < -0.4 is 9.47 Å². The fourth-order valence-corrected chi connectivity index (χ4v) is 1.69. The van der Waals surface area contributed by atoms with Crippen LogP contribution in [0, 0.1) is 13.7 Å². The van der Waals surface area contributed by atoms with Gasteiger partial charge in [-0.1, -0.05) is 0 Å². The van der Waals surface area contributed by atoms with Gasteiger partial charge in [0, 0.05) is 19.9 Å². The van der Waals surface area contributed by atoms with Crippen LogP contribution in [0.5, 0.6) is 11.5 Å². The molecule has 0 saturated heterocycles. The number of carbonyl (C=O) groups is 2. The number of hydrogen-bond donors (Lipinski definition) is 0. The summed E-state index contributed by atoms with van der Waals surface area (Å²) in [5.41, 5.74) is -0.443. The highest BCUT2D eigenvalue weighted by Crippen LogP contribution is 2.40. The molecule has 96 valence electrons. The zero-order chi connectivity index (χ0) is 13.9. The fraction of sp³-hybridized carbons (Fsp3) is 0.200. The lowest BCUT2D eigenvalue weighted by Crippen LogP contribution is -2.10. The molecule has 0 amide bonds. The number of hydrogen-bond acceptors (Lipinski definition) is 6. The zero-order valence-corrected chi connectivity index (χ0v) is 11.6. The summed E-state index contributed by atoms with van der Waals surface area (Å²) >= 11 is 1.82. The molecule has 0 fully saturated rings. The van der Waals surface area contributed by atoms with Crippen molar-refractivity contribution in [1.82, 2.24) is 0 Å². The third-order valence-corrected chi connectivity index (χ3v) is 2.58. The monoisotopic (exact) mass is 365 g/mol. The second-order valence-corrected chi connectivity index (χ2v) is 4.33. The molecule has 0 spiro atoms.